The molecule has 19 nitrogen and oxygen atoms in total. The fraction of sp³-hybridized carbons (Fsp3) is 0.611. The molecule has 226 valence electrons. The van der Waals surface area contributed by atoms with Gasteiger partial charge in [-0.25, -0.2) is 23.5 Å². The van der Waals surface area contributed by atoms with Gasteiger partial charge in [-0.1, -0.05) is 6.42 Å². The number of carbonyl (C=O) groups excluding carboxylic acids is 1. The molecule has 0 aliphatic carbocycles. The van der Waals surface area contributed by atoms with E-state index in [2.05, 4.69) is 28.4 Å². The average molecular weight is 633 g/mol. The summed E-state index contributed by atoms with van der Waals surface area (Å²) in [6.07, 6.45) is -0.758. The second-order valence-electron chi connectivity index (χ2n) is 8.95. The van der Waals surface area contributed by atoms with Gasteiger partial charge in [-0.2, -0.15) is 8.62 Å². The Morgan fingerprint density at radius 3 is 2.60 bits per heavy atom. The van der Waals surface area contributed by atoms with E-state index in [1.165, 1.54) is 12.3 Å². The summed E-state index contributed by atoms with van der Waals surface area (Å²) in [6.45, 7) is 0.923. The first kappa shape index (κ1) is 32.7. The number of hydrogen-bond acceptors (Lipinski definition) is 12. The van der Waals surface area contributed by atoms with E-state index in [9.17, 15) is 38.2 Å². The number of aromatic amines is 1. The van der Waals surface area contributed by atoms with Crippen molar-refractivity contribution in [3.05, 3.63) is 22.7 Å². The molecular weight excluding hydrogens is 603 g/mol. The van der Waals surface area contributed by atoms with Crippen molar-refractivity contribution >= 4 is 35.2 Å². The van der Waals surface area contributed by atoms with E-state index in [4.69, 9.17) is 20.3 Å². The number of phosphoric ester groups is 1. The van der Waals surface area contributed by atoms with Gasteiger partial charge in [0.05, 0.1) is 18.3 Å². The Labute approximate surface area is 226 Å². The zero-order valence-electron chi connectivity index (χ0n) is 20.9. The van der Waals surface area contributed by atoms with Gasteiger partial charge in [0, 0.05) is 25.1 Å². The molecule has 3 rings (SSSR count). The number of aliphatic hydroxyl groups is 1. The van der Waals surface area contributed by atoms with E-state index in [0.29, 0.717) is 18.4 Å². The first-order valence-corrected chi connectivity index (χ1v) is 16.2. The minimum absolute atomic E-state index is 0.0108. The Hall–Kier alpha value is -1.82. The van der Waals surface area contributed by atoms with Crippen LogP contribution in [-0.2, 0) is 36.4 Å². The van der Waals surface area contributed by atoms with E-state index in [-0.39, 0.29) is 30.5 Å². The van der Waals surface area contributed by atoms with Crippen molar-refractivity contribution in [2.45, 2.75) is 63.5 Å². The Morgan fingerprint density at radius 1 is 1.25 bits per heavy atom. The third-order valence-electron chi connectivity index (χ3n) is 5.52. The molecule has 1 saturated heterocycles. The van der Waals surface area contributed by atoms with E-state index < -0.39 is 60.1 Å². The molecule has 3 aliphatic heterocycles. The Balaban J connectivity index is 1.73. The third-order valence-corrected chi connectivity index (χ3v) is 9.32. The van der Waals surface area contributed by atoms with Crippen molar-refractivity contribution in [3.63, 3.8) is 0 Å². The predicted octanol–water partition coefficient (Wildman–Crippen LogP) is 0.514. The van der Waals surface area contributed by atoms with Crippen molar-refractivity contribution in [1.29, 1.82) is 0 Å². The number of phosphoric acid groups is 3. The number of nitrogens with zero attached hydrogens (tertiary/aromatic N) is 2. The predicted molar refractivity (Wildman–Crippen MR) is 135 cm³/mol. The molecule has 0 spiro atoms. The number of rotatable bonds is 14. The van der Waals surface area contributed by atoms with Crippen LogP contribution >= 0.6 is 23.5 Å². The van der Waals surface area contributed by atoms with Gasteiger partial charge in [0.15, 0.2) is 0 Å². The quantitative estimate of drug-likeness (QED) is 0.104. The van der Waals surface area contributed by atoms with Crippen molar-refractivity contribution in [2.24, 2.45) is 5.73 Å². The molecule has 22 heteroatoms. The zero-order valence-corrected chi connectivity index (χ0v) is 23.6. The number of carbonyl (C=O) groups is 1. The maximum absolute atomic E-state index is 12.9. The number of aliphatic hydroxyl groups excluding tert-OH is 1. The van der Waals surface area contributed by atoms with Crippen LogP contribution in [0.2, 0.25) is 0 Å². The average Bonchev–Trinajstić information content (AvgIpc) is 3.39. The van der Waals surface area contributed by atoms with E-state index in [1.54, 1.807) is 0 Å². The number of nitrogens with one attached hydrogen (secondary N) is 2. The lowest BCUT2D eigenvalue weighted by atomic mass is 10.1. The van der Waals surface area contributed by atoms with Gasteiger partial charge in [0.2, 0.25) is 5.91 Å². The summed E-state index contributed by atoms with van der Waals surface area (Å²) in [4.78, 5) is 68.3. The molecule has 0 saturated carbocycles. The minimum Gasteiger partial charge on any atom is -0.390 e. The largest absolute Gasteiger partial charge is 0.490 e. The number of aromatic nitrogens is 3. The minimum atomic E-state index is -5.74. The molecule has 3 aliphatic rings. The number of H-pyrrole nitrogens is 1. The van der Waals surface area contributed by atoms with Gasteiger partial charge in [0.25, 0.3) is 0 Å². The summed E-state index contributed by atoms with van der Waals surface area (Å²) in [5.74, 6) is -0.204. The lowest BCUT2D eigenvalue weighted by Crippen LogP contribution is -2.32. The van der Waals surface area contributed by atoms with Gasteiger partial charge in [-0.15, -0.1) is 0 Å². The molecule has 9 N–H and O–H groups in total. The molecular formula is C18H30N5O14P3. The molecule has 0 aromatic carbocycles. The summed E-state index contributed by atoms with van der Waals surface area (Å²) in [5, 5.41) is 13.1. The fourth-order valence-electron chi connectivity index (χ4n) is 3.86. The molecule has 0 radical (unpaired) electrons. The zero-order chi connectivity index (χ0) is 29.9. The fourth-order valence-corrected chi connectivity index (χ4v) is 6.89. The number of ether oxygens (including phenoxy) is 1. The number of nitrogens with two attached hydrogens (primary N) is 1. The molecule has 0 aromatic heterocycles. The molecule has 0 aromatic rings. The monoisotopic (exact) mass is 633 g/mol. The number of anilines is 1. The van der Waals surface area contributed by atoms with Crippen LogP contribution in [0.1, 0.15) is 45.3 Å². The first-order chi connectivity index (χ1) is 18.5. The van der Waals surface area contributed by atoms with Crippen molar-refractivity contribution < 1.29 is 61.1 Å². The molecule has 3 unspecified atom stereocenters. The number of hydrogen-bond donors (Lipinski definition) is 8. The van der Waals surface area contributed by atoms with Gasteiger partial charge in [-0.3, -0.25) is 18.9 Å². The Kier molecular flexibility index (Phi) is 10.6. The normalized spacial score (nSPS) is 23.5. The van der Waals surface area contributed by atoms with E-state index >= 15 is 0 Å². The molecule has 1 fully saturated rings. The number of amides is 1. The maximum atomic E-state index is 12.9. The van der Waals surface area contributed by atoms with Crippen LogP contribution in [0.4, 0.5) is 5.82 Å². The smallest absolute Gasteiger partial charge is 0.390 e. The van der Waals surface area contributed by atoms with Gasteiger partial charge in [-0.05, 0) is 25.8 Å². The van der Waals surface area contributed by atoms with Crippen LogP contribution in [0.5, 0.6) is 0 Å². The summed E-state index contributed by atoms with van der Waals surface area (Å²) < 4.78 is 52.7. The SMILES string of the molecule is CC(N)CCCCC(=O)Nc1c2ccnc-2[nH]c(=O)n1[C@@H]1C[C@H](O)[C@@H](COP(=O)(O)OP(=O)(O)OP(=O)(O)O)O1. The molecule has 0 bridgehead atoms. The number of fused-ring (bicyclic) bond motifs is 1. The second kappa shape index (κ2) is 13.0. The first-order valence-electron chi connectivity index (χ1n) is 11.7. The lowest BCUT2D eigenvalue weighted by molar-refractivity contribution is -0.116. The third kappa shape index (κ3) is 9.36. The molecule has 6 atom stereocenters. The highest BCUT2D eigenvalue weighted by Crippen LogP contribution is 2.66. The highest BCUT2D eigenvalue weighted by molar-refractivity contribution is 7.66. The number of unbranched alkanes of at least 4 members (excludes halogenated alkanes) is 1. The van der Waals surface area contributed by atoms with Crippen LogP contribution < -0.4 is 16.7 Å². The van der Waals surface area contributed by atoms with E-state index in [0.717, 1.165) is 11.0 Å². The standard InChI is InChI=1S/C18H30N5O14P3/c1-10(19)4-2-3-5-14(25)21-17-11-6-7-20-16(11)22-18(26)23(17)15-8-12(24)13(35-15)9-34-39(30,31)37-40(32,33)36-38(27,28)29/h6-7,10,12-13,15,24H,2-5,8-9,19H2,1H3,(H,21,25)(H,30,31)(H,32,33)(H,20,22,26)(H2,27,28,29)/t10?,12-,13+,15-/m0/s1. The maximum Gasteiger partial charge on any atom is 0.490 e. The van der Waals surface area contributed by atoms with Crippen LogP contribution in [0, 0.1) is 0 Å². The highest BCUT2D eigenvalue weighted by Gasteiger charge is 2.43. The Bertz CT molecular complexity index is 1360. The van der Waals surface area contributed by atoms with Crippen LogP contribution in [0.15, 0.2) is 17.1 Å². The van der Waals surface area contributed by atoms with E-state index in [1.807, 2.05) is 6.92 Å². The summed E-state index contributed by atoms with van der Waals surface area (Å²) in [6, 6.07) is 1.52. The van der Waals surface area contributed by atoms with Crippen molar-refractivity contribution in [2.75, 3.05) is 11.9 Å². The summed E-state index contributed by atoms with van der Waals surface area (Å²) in [5.41, 5.74) is 5.32. The van der Waals surface area contributed by atoms with Crippen LogP contribution in [0.3, 0.4) is 0 Å². The van der Waals surface area contributed by atoms with Crippen molar-refractivity contribution in [1.82, 2.24) is 14.5 Å². The van der Waals surface area contributed by atoms with Crippen LogP contribution in [0.25, 0.3) is 11.4 Å². The van der Waals surface area contributed by atoms with Gasteiger partial charge < -0.3 is 40.5 Å². The van der Waals surface area contributed by atoms with Gasteiger partial charge >= 0.3 is 29.2 Å². The van der Waals surface area contributed by atoms with Crippen molar-refractivity contribution in [3.8, 4) is 11.4 Å². The topological polar surface area (TPSA) is 295 Å². The highest BCUT2D eigenvalue weighted by atomic mass is 31.3. The van der Waals surface area contributed by atoms with Gasteiger partial charge in [0.1, 0.15) is 24.0 Å². The lowest BCUT2D eigenvalue weighted by Gasteiger charge is -2.22. The summed E-state index contributed by atoms with van der Waals surface area (Å²) >= 11 is 0. The molecule has 3 heterocycles. The molecule has 1 amide bonds. The van der Waals surface area contributed by atoms with Crippen LogP contribution in [-0.4, -0.2) is 70.0 Å². The summed E-state index contributed by atoms with van der Waals surface area (Å²) in [7, 11) is -16.8. The Morgan fingerprint density at radius 2 is 1.95 bits per heavy atom. The molecule has 40 heavy (non-hydrogen) atoms. The second-order valence-corrected chi connectivity index (χ2v) is 13.4.